The molecule has 5 fully saturated rings. The molecular weight excluding hydrogens is 998 g/mol. The second kappa shape index (κ2) is 21.7. The first-order valence-electron chi connectivity index (χ1n) is 23.8. The van der Waals surface area contributed by atoms with Crippen molar-refractivity contribution >= 4 is 78.0 Å². The molecule has 3 unspecified atom stereocenters. The lowest BCUT2D eigenvalue weighted by atomic mass is 9.72. The predicted octanol–water partition coefficient (Wildman–Crippen LogP) is 1.19. The molecule has 21 nitrogen and oxygen atoms in total. The molecule has 7 aliphatic rings. The van der Waals surface area contributed by atoms with E-state index in [1.165, 1.54) is 47.4 Å². The number of carbonyl (C=O) groups is 7. The number of thioether (sulfide) groups is 1. The summed E-state index contributed by atoms with van der Waals surface area (Å²) in [7, 11) is 4.30. The van der Waals surface area contributed by atoms with Gasteiger partial charge in [-0.2, -0.15) is 0 Å². The Morgan fingerprint density at radius 1 is 0.917 bits per heavy atom. The summed E-state index contributed by atoms with van der Waals surface area (Å²) in [5.41, 5.74) is -3.78. The van der Waals surface area contributed by atoms with Gasteiger partial charge >= 0.3 is 0 Å². The Morgan fingerprint density at radius 2 is 1.61 bits per heavy atom. The number of aromatic hydroxyl groups is 2. The zero-order valence-corrected chi connectivity index (χ0v) is 42.9. The summed E-state index contributed by atoms with van der Waals surface area (Å²) in [5.74, 6) is -5.95. The lowest BCUT2D eigenvalue weighted by Gasteiger charge is -2.43. The Labute approximate surface area is 430 Å². The molecule has 3 N–H and O–H groups in total. The number of hydrogen-bond acceptors (Lipinski definition) is 21. The third-order valence-electron chi connectivity index (χ3n) is 14.7. The Balaban J connectivity index is 0.866. The Morgan fingerprint density at radius 3 is 2.31 bits per heavy atom. The number of likely N-dealkylation sites (tertiary alicyclic amines) is 2. The van der Waals surface area contributed by atoms with E-state index in [0.717, 1.165) is 16.7 Å². The summed E-state index contributed by atoms with van der Waals surface area (Å²) >= 11 is 3.39. The van der Waals surface area contributed by atoms with E-state index in [1.54, 1.807) is 0 Å². The number of carbonyl (C=O) groups excluding carboxylic acids is 7. The summed E-state index contributed by atoms with van der Waals surface area (Å²) < 4.78 is 47.2. The number of ether oxygens (including phenoxy) is 8. The fourth-order valence-corrected chi connectivity index (χ4v) is 13.0. The number of phenols is 2. The van der Waals surface area contributed by atoms with Gasteiger partial charge in [-0.25, -0.2) is 0 Å². The standard InChI is InChI=1S/C48H57N3O18S2.Al/c1-22-43-27(49-10-13-66-47(63-4)46(49)69-43)17-34(67-22)68-29-20-48(61,19-26-36(29)42(58)38-37(40(26)56)39(55)24-6-5-7-28(62-3)35(24)41(38)57)31(52)21-71-30-18-33(54)51(45(30)60)9-12-65-15-14-64-11-8-50-32(53)16-25(23(2)70)44(50)59;/h5-7,22-23,25,27,29-30,34,43,46-47,56,58,61,70H,8-21H2,1-4H3;/q;+1/p-1/t22-,23?,25?,27-,29-,30?,34-,43+,46+,47-,48-;/m0./s1. The van der Waals surface area contributed by atoms with Crippen LogP contribution in [0.3, 0.4) is 0 Å². The van der Waals surface area contributed by atoms with Crippen LogP contribution < -0.4 is 4.74 Å². The summed E-state index contributed by atoms with van der Waals surface area (Å²) in [4.78, 5) is 98.7. The molecule has 24 heteroatoms. The second-order valence-electron chi connectivity index (χ2n) is 18.8. The number of rotatable bonds is 19. The van der Waals surface area contributed by atoms with Gasteiger partial charge in [-0.15, -0.1) is 11.8 Å². The molecular formula is C48H56AlN3O18S2. The molecule has 9 rings (SSSR count). The number of fused-ring (bicyclic) bond motifs is 6. The number of benzene rings is 2. The van der Waals surface area contributed by atoms with Crippen molar-refractivity contribution in [2.75, 3.05) is 72.6 Å². The number of hydrogen-bond donors (Lipinski definition) is 3. The van der Waals surface area contributed by atoms with Crippen LogP contribution in [0.1, 0.15) is 88.6 Å². The van der Waals surface area contributed by atoms with Gasteiger partial charge in [0.25, 0.3) is 0 Å². The third kappa shape index (κ3) is 9.65. The van der Waals surface area contributed by atoms with Crippen LogP contribution in [0.25, 0.3) is 0 Å². The van der Waals surface area contributed by atoms with Crippen molar-refractivity contribution in [2.24, 2.45) is 5.92 Å². The van der Waals surface area contributed by atoms with Crippen LogP contribution in [-0.2, 0) is 63.6 Å². The van der Waals surface area contributed by atoms with E-state index in [0.29, 0.717) is 13.2 Å². The maximum Gasteiger partial charge on any atom is 0.242 e. The molecule has 72 heavy (non-hydrogen) atoms. The zero-order valence-electron chi connectivity index (χ0n) is 40.1. The predicted molar refractivity (Wildman–Crippen MR) is 253 cm³/mol. The minimum atomic E-state index is -2.32. The maximum atomic E-state index is 14.4. The topological polar surface area (TPSA) is 264 Å². The Bertz CT molecular complexity index is 2540. The van der Waals surface area contributed by atoms with Crippen LogP contribution in [0.15, 0.2) is 18.2 Å². The van der Waals surface area contributed by atoms with Crippen molar-refractivity contribution in [1.29, 1.82) is 0 Å². The number of amides is 4. The molecule has 0 aromatic heterocycles. The Hall–Kier alpha value is -4.00. The van der Waals surface area contributed by atoms with Gasteiger partial charge in [0.1, 0.15) is 29.0 Å². The molecule has 2 aromatic carbocycles. The zero-order chi connectivity index (χ0) is 51.3. The van der Waals surface area contributed by atoms with Crippen LogP contribution in [-0.4, -0.2) is 212 Å². The fraction of sp³-hybridized carbons (Fsp3) is 0.604. The number of aliphatic hydroxyl groups is 1. The normalized spacial score (nSPS) is 30.6. The molecule has 5 heterocycles. The van der Waals surface area contributed by atoms with E-state index in [-0.39, 0.29) is 116 Å². The molecule has 4 amide bonds. The number of Topliss-reactive ketones (excluding diaryl/α,β-unsaturated/α-hetero) is 1. The van der Waals surface area contributed by atoms with Crippen molar-refractivity contribution in [3.8, 4) is 17.2 Å². The van der Waals surface area contributed by atoms with Gasteiger partial charge in [-0.3, -0.25) is 58.4 Å². The first-order valence-corrected chi connectivity index (χ1v) is 27.2. The summed E-state index contributed by atoms with van der Waals surface area (Å²) in [6.07, 6.45) is -5.46. The highest BCUT2D eigenvalue weighted by atomic mass is 32.3. The summed E-state index contributed by atoms with van der Waals surface area (Å²) in [6.45, 7) is 5.06. The van der Waals surface area contributed by atoms with Crippen molar-refractivity contribution in [2.45, 2.75) is 105 Å². The molecule has 0 spiro atoms. The molecule has 2 radical (unpaired) electrons. The summed E-state index contributed by atoms with van der Waals surface area (Å²) in [5, 5.41) is 35.6. The van der Waals surface area contributed by atoms with E-state index in [2.05, 4.69) is 20.1 Å². The number of nitrogens with zero attached hydrogens (tertiary/aromatic N) is 3. The highest BCUT2D eigenvalue weighted by Crippen LogP contribution is 2.53. The highest BCUT2D eigenvalue weighted by molar-refractivity contribution is 8.20. The van der Waals surface area contributed by atoms with Crippen molar-refractivity contribution < 1.29 is 86.8 Å². The third-order valence-corrected chi connectivity index (χ3v) is 17.9. The molecule has 386 valence electrons. The van der Waals surface area contributed by atoms with Crippen LogP contribution in [0.4, 0.5) is 0 Å². The molecule has 0 bridgehead atoms. The van der Waals surface area contributed by atoms with Gasteiger partial charge in [0.2, 0.25) is 44.6 Å². The van der Waals surface area contributed by atoms with Gasteiger partial charge in [0.15, 0.2) is 30.4 Å². The average molecular weight is 1050 g/mol. The average Bonchev–Trinajstić information content (AvgIpc) is 3.98. The quantitative estimate of drug-likeness (QED) is 0.0659. The van der Waals surface area contributed by atoms with Crippen LogP contribution in [0.2, 0.25) is 0 Å². The van der Waals surface area contributed by atoms with Gasteiger partial charge in [0, 0.05) is 68.5 Å². The maximum absolute atomic E-state index is 14.4. The largest absolute Gasteiger partial charge is 0.507 e. The molecule has 5 saturated heterocycles. The van der Waals surface area contributed by atoms with E-state index >= 15 is 0 Å². The minimum absolute atomic E-state index is 0.00104. The summed E-state index contributed by atoms with van der Waals surface area (Å²) in [6, 6.07) is 4.14. The molecule has 2 aromatic rings. The molecule has 0 saturated carbocycles. The van der Waals surface area contributed by atoms with Crippen molar-refractivity contribution in [1.82, 2.24) is 14.7 Å². The van der Waals surface area contributed by atoms with Gasteiger partial charge in [-0.05, 0) is 18.2 Å². The number of morpholine rings is 1. The van der Waals surface area contributed by atoms with Crippen molar-refractivity contribution in [3.05, 3.63) is 51.6 Å². The van der Waals surface area contributed by atoms with E-state index in [1.807, 2.05) is 13.8 Å². The first kappa shape index (κ1) is 52.9. The van der Waals surface area contributed by atoms with E-state index in [9.17, 15) is 48.9 Å². The number of phenolic OH excluding ortho intramolecular Hbond substituents is 2. The number of ketones is 3. The number of methoxy groups -OCH3 is 2. The van der Waals surface area contributed by atoms with E-state index < -0.39 is 118 Å². The monoisotopic (exact) mass is 1050 g/mol. The SMILES string of the molecule is COc1cccc2c1C(=O)c1c(O)c3c(c(O)c1C2=O)C[C@@](O)(C(=O)CSC1CC(=O)N(CCOCCOCCN2C(=O)CC(C(C)[S][Al])C2=O)C1=O)C[C@@H]3O[C@H]1C[C@H]2[C@H](O[C@@H]3[C@@H](OC)OCCN32)[C@H](C)O1. The molecule has 5 aliphatic heterocycles. The van der Waals surface area contributed by atoms with Gasteiger partial charge in [-0.1, -0.05) is 19.1 Å². The first-order chi connectivity index (χ1) is 34.5. The van der Waals surface area contributed by atoms with Gasteiger partial charge < -0.3 is 53.2 Å². The molecule has 2 aliphatic carbocycles. The van der Waals surface area contributed by atoms with Crippen LogP contribution in [0, 0.1) is 5.92 Å². The van der Waals surface area contributed by atoms with Crippen molar-refractivity contribution in [3.63, 3.8) is 0 Å². The van der Waals surface area contributed by atoms with E-state index in [4.69, 9.17) is 37.9 Å². The van der Waals surface area contributed by atoms with Crippen LogP contribution in [0.5, 0.6) is 17.2 Å². The number of imide groups is 2. The van der Waals surface area contributed by atoms with Crippen LogP contribution >= 0.6 is 21.9 Å². The minimum Gasteiger partial charge on any atom is -0.507 e. The fourth-order valence-electron chi connectivity index (χ4n) is 10.9. The smallest absolute Gasteiger partial charge is 0.242 e. The highest BCUT2D eigenvalue weighted by Gasteiger charge is 2.55. The second-order valence-corrected chi connectivity index (χ2v) is 21.8. The van der Waals surface area contributed by atoms with Gasteiger partial charge in [0.05, 0.1) is 99.1 Å². The molecule has 11 atom stereocenters. The Kier molecular flexibility index (Phi) is 15.9. The lowest BCUT2D eigenvalue weighted by molar-refractivity contribution is -0.256. The lowest BCUT2D eigenvalue weighted by Crippen LogP contribution is -2.55.